The number of imidazole rings is 1. The summed E-state index contributed by atoms with van der Waals surface area (Å²) in [4.78, 5) is 4.99. The highest BCUT2D eigenvalue weighted by Crippen LogP contribution is 2.07. The van der Waals surface area contributed by atoms with E-state index in [1.807, 2.05) is 4.57 Å². The molecule has 13 heavy (non-hydrogen) atoms. The molecule has 0 unspecified atom stereocenters. The second-order valence-electron chi connectivity index (χ2n) is 2.55. The van der Waals surface area contributed by atoms with Gasteiger partial charge in [0.2, 0.25) is 0 Å². The van der Waals surface area contributed by atoms with E-state index in [4.69, 9.17) is 5.11 Å². The van der Waals surface area contributed by atoms with Crippen molar-refractivity contribution < 1.29 is 5.11 Å². The van der Waals surface area contributed by atoms with Crippen LogP contribution in [-0.2, 0) is 13.2 Å². The van der Waals surface area contributed by atoms with Gasteiger partial charge >= 0.3 is 0 Å². The summed E-state index contributed by atoms with van der Waals surface area (Å²) in [7, 11) is 0. The van der Waals surface area contributed by atoms with Crippen LogP contribution in [0.25, 0.3) is 0 Å². The third-order valence-electron chi connectivity index (χ3n) is 1.69. The minimum Gasteiger partial charge on any atom is -0.390 e. The fourth-order valence-electron chi connectivity index (χ4n) is 1.05. The Bertz CT molecular complexity index is 370. The van der Waals surface area contributed by atoms with Crippen LogP contribution in [0.4, 0.5) is 0 Å². The minimum absolute atomic E-state index is 0.00618. The van der Waals surface area contributed by atoms with E-state index in [9.17, 15) is 0 Å². The summed E-state index contributed by atoms with van der Waals surface area (Å²) >= 11 is 1.35. The molecule has 6 heteroatoms. The van der Waals surface area contributed by atoms with Crippen LogP contribution >= 0.6 is 11.5 Å². The Hall–Kier alpha value is -1.27. The van der Waals surface area contributed by atoms with Crippen LogP contribution in [0.3, 0.4) is 0 Å². The van der Waals surface area contributed by atoms with Gasteiger partial charge < -0.3 is 9.67 Å². The smallest absolute Gasteiger partial charge is 0.0952 e. The highest BCUT2D eigenvalue weighted by molar-refractivity contribution is 7.05. The molecule has 0 saturated heterocycles. The van der Waals surface area contributed by atoms with Gasteiger partial charge in [-0.15, -0.1) is 5.10 Å². The lowest BCUT2D eigenvalue weighted by molar-refractivity contribution is 0.271. The van der Waals surface area contributed by atoms with E-state index in [0.717, 1.165) is 10.6 Å². The molecule has 0 fully saturated rings. The van der Waals surface area contributed by atoms with Crippen molar-refractivity contribution in [1.29, 1.82) is 0 Å². The molecule has 0 amide bonds. The molecule has 2 aromatic rings. The molecule has 2 rings (SSSR count). The first kappa shape index (κ1) is 8.33. The van der Waals surface area contributed by atoms with Crippen LogP contribution in [0.1, 0.15) is 10.6 Å². The van der Waals surface area contributed by atoms with Crippen LogP contribution in [0.5, 0.6) is 0 Å². The van der Waals surface area contributed by atoms with E-state index in [-0.39, 0.29) is 6.61 Å². The van der Waals surface area contributed by atoms with E-state index in [1.54, 1.807) is 18.7 Å². The van der Waals surface area contributed by atoms with Gasteiger partial charge in [-0.25, -0.2) is 4.98 Å². The Morgan fingerprint density at radius 3 is 3.08 bits per heavy atom. The largest absolute Gasteiger partial charge is 0.390 e. The second-order valence-corrected chi connectivity index (χ2v) is 3.43. The van der Waals surface area contributed by atoms with E-state index in [2.05, 4.69) is 14.6 Å². The molecule has 68 valence electrons. The van der Waals surface area contributed by atoms with Crippen LogP contribution < -0.4 is 0 Å². The molecule has 1 N–H and O–H groups in total. The van der Waals surface area contributed by atoms with Crippen molar-refractivity contribution in [2.75, 3.05) is 0 Å². The number of rotatable bonds is 3. The maximum absolute atomic E-state index is 8.95. The van der Waals surface area contributed by atoms with Crippen LogP contribution in [-0.4, -0.2) is 24.2 Å². The standard InChI is InChI=1S/C7H8N4OS/c12-4-6-1-8-5-11(6)3-7-2-9-10-13-7/h1-2,5,12H,3-4H2. The normalized spacial score (nSPS) is 10.5. The van der Waals surface area contributed by atoms with E-state index in [0.29, 0.717) is 6.54 Å². The number of aliphatic hydroxyl groups excluding tert-OH is 1. The van der Waals surface area contributed by atoms with Gasteiger partial charge in [-0.05, 0) is 11.5 Å². The molecule has 0 aliphatic rings. The molecule has 0 aliphatic carbocycles. The van der Waals surface area contributed by atoms with Crippen LogP contribution in [0.15, 0.2) is 18.7 Å². The van der Waals surface area contributed by atoms with Gasteiger partial charge in [-0.3, -0.25) is 0 Å². The molecule has 0 spiro atoms. The first-order chi connectivity index (χ1) is 6.40. The van der Waals surface area contributed by atoms with Gasteiger partial charge in [0, 0.05) is 0 Å². The third-order valence-corrected chi connectivity index (χ3v) is 2.34. The summed E-state index contributed by atoms with van der Waals surface area (Å²) < 4.78 is 5.62. The van der Waals surface area contributed by atoms with Gasteiger partial charge in [0.25, 0.3) is 0 Å². The number of hydrogen-bond donors (Lipinski definition) is 1. The predicted octanol–water partition coefficient (Wildman–Crippen LogP) is 0.275. The number of hydrogen-bond acceptors (Lipinski definition) is 5. The van der Waals surface area contributed by atoms with Crippen molar-refractivity contribution in [3.05, 3.63) is 29.3 Å². The summed E-state index contributed by atoms with van der Waals surface area (Å²) in [5, 5.41) is 12.7. The van der Waals surface area contributed by atoms with Gasteiger partial charge in [0.05, 0.1) is 42.4 Å². The molecule has 0 aliphatic heterocycles. The summed E-state index contributed by atoms with van der Waals surface area (Å²) in [6.45, 7) is 0.680. The van der Waals surface area contributed by atoms with Crippen LogP contribution in [0, 0.1) is 0 Å². The lowest BCUT2D eigenvalue weighted by atomic mass is 10.4. The maximum atomic E-state index is 8.95. The van der Waals surface area contributed by atoms with Gasteiger partial charge in [0.15, 0.2) is 0 Å². The molecular formula is C7H8N4OS. The molecule has 5 nitrogen and oxygen atoms in total. The monoisotopic (exact) mass is 196 g/mol. The number of aromatic nitrogens is 4. The number of aliphatic hydroxyl groups is 1. The summed E-state index contributed by atoms with van der Waals surface area (Å²) in [5.41, 5.74) is 0.799. The topological polar surface area (TPSA) is 63.8 Å². The molecule has 2 heterocycles. The Morgan fingerprint density at radius 1 is 1.46 bits per heavy atom. The predicted molar refractivity (Wildman–Crippen MR) is 47.2 cm³/mol. The molecule has 0 bridgehead atoms. The Labute approximate surface area is 78.8 Å². The zero-order chi connectivity index (χ0) is 9.10. The molecule has 0 radical (unpaired) electrons. The zero-order valence-electron chi connectivity index (χ0n) is 6.79. The molecular weight excluding hydrogens is 188 g/mol. The van der Waals surface area contributed by atoms with Crippen LogP contribution in [0.2, 0.25) is 0 Å². The summed E-state index contributed by atoms with van der Waals surface area (Å²) in [5.74, 6) is 0. The molecule has 0 saturated carbocycles. The Balaban J connectivity index is 2.18. The van der Waals surface area contributed by atoms with Gasteiger partial charge in [-0.2, -0.15) is 0 Å². The first-order valence-electron chi connectivity index (χ1n) is 3.76. The maximum Gasteiger partial charge on any atom is 0.0952 e. The highest BCUT2D eigenvalue weighted by Gasteiger charge is 2.02. The minimum atomic E-state index is 0.00618. The average molecular weight is 196 g/mol. The fraction of sp³-hybridized carbons (Fsp3) is 0.286. The summed E-state index contributed by atoms with van der Waals surface area (Å²) in [6.07, 6.45) is 5.05. The highest BCUT2D eigenvalue weighted by atomic mass is 32.1. The molecule has 2 aromatic heterocycles. The third kappa shape index (κ3) is 1.73. The van der Waals surface area contributed by atoms with E-state index in [1.165, 1.54) is 11.5 Å². The van der Waals surface area contributed by atoms with Crippen molar-refractivity contribution >= 4 is 11.5 Å². The fourth-order valence-corrected chi connectivity index (χ4v) is 1.54. The van der Waals surface area contributed by atoms with Gasteiger partial charge in [0.1, 0.15) is 0 Å². The van der Waals surface area contributed by atoms with Gasteiger partial charge in [-0.1, -0.05) is 4.49 Å². The van der Waals surface area contributed by atoms with E-state index >= 15 is 0 Å². The second kappa shape index (κ2) is 3.63. The SMILES string of the molecule is OCc1cncn1Cc1cnns1. The summed E-state index contributed by atoms with van der Waals surface area (Å²) in [6, 6.07) is 0. The van der Waals surface area contributed by atoms with E-state index < -0.39 is 0 Å². The first-order valence-corrected chi connectivity index (χ1v) is 4.53. The van der Waals surface area contributed by atoms with Crippen molar-refractivity contribution in [1.82, 2.24) is 19.1 Å². The number of nitrogens with zero attached hydrogens (tertiary/aromatic N) is 4. The van der Waals surface area contributed by atoms with Crippen molar-refractivity contribution in [2.24, 2.45) is 0 Å². The Morgan fingerprint density at radius 2 is 2.38 bits per heavy atom. The Kier molecular flexibility index (Phi) is 2.33. The molecule has 0 aromatic carbocycles. The lowest BCUT2D eigenvalue weighted by Gasteiger charge is -2.01. The molecule has 0 atom stereocenters. The van der Waals surface area contributed by atoms with Crippen molar-refractivity contribution in [2.45, 2.75) is 13.2 Å². The van der Waals surface area contributed by atoms with Crippen molar-refractivity contribution in [3.8, 4) is 0 Å². The van der Waals surface area contributed by atoms with Crippen molar-refractivity contribution in [3.63, 3.8) is 0 Å². The lowest BCUT2D eigenvalue weighted by Crippen LogP contribution is -2.01. The quantitative estimate of drug-likeness (QED) is 0.765. The zero-order valence-corrected chi connectivity index (χ0v) is 7.61. The average Bonchev–Trinajstić information content (AvgIpc) is 2.76.